The van der Waals surface area contributed by atoms with Crippen LogP contribution in [0, 0.1) is 6.92 Å². The van der Waals surface area contributed by atoms with Crippen molar-refractivity contribution in [2.75, 3.05) is 7.11 Å². The maximum absolute atomic E-state index is 12.5. The van der Waals surface area contributed by atoms with Crippen LogP contribution >= 0.6 is 0 Å². The lowest BCUT2D eigenvalue weighted by Crippen LogP contribution is -2.44. The van der Waals surface area contributed by atoms with Crippen molar-refractivity contribution in [2.24, 2.45) is 0 Å². The van der Waals surface area contributed by atoms with Gasteiger partial charge in [-0.2, -0.15) is 0 Å². The van der Waals surface area contributed by atoms with Crippen LogP contribution in [0.25, 0.3) is 10.9 Å². The quantitative estimate of drug-likeness (QED) is 0.603. The molecule has 2 heterocycles. The summed E-state index contributed by atoms with van der Waals surface area (Å²) in [5.41, 5.74) is 11.2. The number of fused-ring (bicyclic) bond motifs is 1. The molecule has 0 saturated carbocycles. The lowest BCUT2D eigenvalue weighted by molar-refractivity contribution is -0.121. The molecule has 3 N–H and O–H groups in total. The second kappa shape index (κ2) is 8.27. The first-order chi connectivity index (χ1) is 14.1. The third kappa shape index (κ3) is 3.99. The second-order valence-corrected chi connectivity index (χ2v) is 7.54. The molecule has 1 aromatic heterocycles. The van der Waals surface area contributed by atoms with Crippen molar-refractivity contribution in [1.82, 2.24) is 20.7 Å². The van der Waals surface area contributed by atoms with E-state index in [1.165, 1.54) is 11.2 Å². The summed E-state index contributed by atoms with van der Waals surface area (Å²) in [6.45, 7) is 5.07. The molecule has 1 aliphatic rings. The van der Waals surface area contributed by atoms with Gasteiger partial charge >= 0.3 is 0 Å². The Hall–Kier alpha value is -2.83. The summed E-state index contributed by atoms with van der Waals surface area (Å²) in [5, 5.41) is 4.26. The van der Waals surface area contributed by atoms with Gasteiger partial charge in [-0.3, -0.25) is 4.79 Å². The first kappa shape index (κ1) is 19.5. The zero-order valence-electron chi connectivity index (χ0n) is 17.2. The van der Waals surface area contributed by atoms with Crippen molar-refractivity contribution in [3.63, 3.8) is 0 Å². The molecule has 0 radical (unpaired) electrons. The molecule has 3 aromatic rings. The first-order valence-electron chi connectivity index (χ1n) is 10.1. The van der Waals surface area contributed by atoms with E-state index in [0.29, 0.717) is 6.42 Å². The minimum absolute atomic E-state index is 0.0278. The number of aromatic nitrogens is 1. The molecule has 2 unspecified atom stereocenters. The summed E-state index contributed by atoms with van der Waals surface area (Å²) in [6.07, 6.45) is 1.08. The van der Waals surface area contributed by atoms with Crippen LogP contribution < -0.4 is 20.9 Å². The fourth-order valence-corrected chi connectivity index (χ4v) is 4.11. The van der Waals surface area contributed by atoms with E-state index in [4.69, 9.17) is 4.74 Å². The second-order valence-electron chi connectivity index (χ2n) is 7.54. The lowest BCUT2D eigenvalue weighted by atomic mass is 10.1. The molecular weight excluding hydrogens is 364 g/mol. The van der Waals surface area contributed by atoms with Gasteiger partial charge in [0.1, 0.15) is 5.75 Å². The summed E-state index contributed by atoms with van der Waals surface area (Å²) < 4.78 is 7.67. The van der Waals surface area contributed by atoms with E-state index in [1.54, 1.807) is 7.11 Å². The number of benzene rings is 2. The largest absolute Gasteiger partial charge is 0.497 e. The first-order valence-corrected chi connectivity index (χ1v) is 10.1. The third-order valence-corrected chi connectivity index (χ3v) is 5.66. The Bertz CT molecular complexity index is 1030. The molecular formula is C23H28N4O2. The maximum Gasteiger partial charge on any atom is 0.225 e. The monoisotopic (exact) mass is 392 g/mol. The Labute approximate surface area is 171 Å². The molecule has 6 nitrogen and oxygen atoms in total. The highest BCUT2D eigenvalue weighted by molar-refractivity contribution is 5.83. The fraction of sp³-hybridized carbons (Fsp3) is 0.348. The van der Waals surface area contributed by atoms with E-state index in [-0.39, 0.29) is 18.1 Å². The number of rotatable bonds is 6. The Morgan fingerprint density at radius 2 is 2.03 bits per heavy atom. The average molecular weight is 393 g/mol. The van der Waals surface area contributed by atoms with Gasteiger partial charge in [0, 0.05) is 29.6 Å². The zero-order valence-corrected chi connectivity index (χ0v) is 17.2. The van der Waals surface area contributed by atoms with Crippen molar-refractivity contribution in [2.45, 2.75) is 45.4 Å². The van der Waals surface area contributed by atoms with Crippen molar-refractivity contribution >= 4 is 16.8 Å². The number of nitrogens with zero attached hydrogens (tertiary/aromatic N) is 1. The van der Waals surface area contributed by atoms with E-state index in [2.05, 4.69) is 45.9 Å². The van der Waals surface area contributed by atoms with Gasteiger partial charge in [0.15, 0.2) is 0 Å². The van der Waals surface area contributed by atoms with Crippen molar-refractivity contribution in [3.05, 3.63) is 65.4 Å². The Morgan fingerprint density at radius 1 is 1.21 bits per heavy atom. The van der Waals surface area contributed by atoms with Gasteiger partial charge in [-0.25, -0.2) is 10.9 Å². The number of nitrogens with one attached hydrogen (secondary N) is 3. The number of carbonyl (C=O) groups excluding carboxylic acids is 1. The summed E-state index contributed by atoms with van der Waals surface area (Å²) >= 11 is 0. The van der Waals surface area contributed by atoms with Crippen LogP contribution in [0.2, 0.25) is 0 Å². The number of aryl methyl sites for hydroxylation is 2. The number of methoxy groups -OCH3 is 1. The SMILES string of the molecule is CCn1c(C2CC(NC(=O)Cc3ccccc3C)NN2)cc2cc(OC)ccc21. The number of ether oxygens (including phenoxy) is 1. The van der Waals surface area contributed by atoms with E-state index < -0.39 is 0 Å². The molecule has 1 fully saturated rings. The van der Waals surface area contributed by atoms with E-state index in [0.717, 1.165) is 35.2 Å². The highest BCUT2D eigenvalue weighted by Crippen LogP contribution is 2.30. The van der Waals surface area contributed by atoms with Crippen LogP contribution in [0.3, 0.4) is 0 Å². The van der Waals surface area contributed by atoms with Crippen LogP contribution in [0.15, 0.2) is 48.5 Å². The van der Waals surface area contributed by atoms with Gasteiger partial charge in [0.05, 0.1) is 25.7 Å². The fourth-order valence-electron chi connectivity index (χ4n) is 4.11. The molecule has 0 aliphatic carbocycles. The van der Waals surface area contributed by atoms with Crippen molar-refractivity contribution in [3.8, 4) is 5.75 Å². The molecule has 6 heteroatoms. The predicted molar refractivity (Wildman–Crippen MR) is 115 cm³/mol. The van der Waals surface area contributed by atoms with Crippen molar-refractivity contribution in [1.29, 1.82) is 0 Å². The van der Waals surface area contributed by atoms with Crippen LogP contribution in [-0.2, 0) is 17.8 Å². The summed E-state index contributed by atoms with van der Waals surface area (Å²) in [7, 11) is 1.69. The lowest BCUT2D eigenvalue weighted by Gasteiger charge is -2.14. The Balaban J connectivity index is 1.45. The Morgan fingerprint density at radius 3 is 2.79 bits per heavy atom. The van der Waals surface area contributed by atoms with Crippen LogP contribution in [0.4, 0.5) is 0 Å². The van der Waals surface area contributed by atoms with E-state index in [1.807, 2.05) is 37.3 Å². The molecule has 152 valence electrons. The van der Waals surface area contributed by atoms with Gasteiger partial charge in [-0.15, -0.1) is 0 Å². The molecule has 1 amide bonds. The van der Waals surface area contributed by atoms with Crippen LogP contribution in [0.5, 0.6) is 5.75 Å². The van der Waals surface area contributed by atoms with Gasteiger partial charge in [-0.05, 0) is 49.2 Å². The summed E-state index contributed by atoms with van der Waals surface area (Å²) in [6, 6.07) is 16.5. The molecule has 0 bridgehead atoms. The summed E-state index contributed by atoms with van der Waals surface area (Å²) in [5.74, 6) is 0.885. The zero-order chi connectivity index (χ0) is 20.4. The number of hydrogen-bond acceptors (Lipinski definition) is 4. The minimum atomic E-state index is -0.102. The molecule has 1 aliphatic heterocycles. The minimum Gasteiger partial charge on any atom is -0.497 e. The molecule has 2 atom stereocenters. The third-order valence-electron chi connectivity index (χ3n) is 5.66. The Kier molecular flexibility index (Phi) is 5.56. The van der Waals surface area contributed by atoms with Crippen LogP contribution in [-0.4, -0.2) is 23.7 Å². The number of hydrogen-bond donors (Lipinski definition) is 3. The molecule has 1 saturated heterocycles. The molecule has 2 aromatic carbocycles. The van der Waals surface area contributed by atoms with Gasteiger partial charge in [0.2, 0.25) is 5.91 Å². The number of hydrazine groups is 1. The van der Waals surface area contributed by atoms with Gasteiger partial charge in [0.25, 0.3) is 0 Å². The normalized spacial score (nSPS) is 18.9. The average Bonchev–Trinajstić information content (AvgIpc) is 3.32. The van der Waals surface area contributed by atoms with Crippen molar-refractivity contribution < 1.29 is 9.53 Å². The highest BCUT2D eigenvalue weighted by Gasteiger charge is 2.28. The van der Waals surface area contributed by atoms with Gasteiger partial charge < -0.3 is 14.6 Å². The summed E-state index contributed by atoms with van der Waals surface area (Å²) in [4.78, 5) is 12.5. The van der Waals surface area contributed by atoms with Gasteiger partial charge in [-0.1, -0.05) is 24.3 Å². The molecule has 4 rings (SSSR count). The topological polar surface area (TPSA) is 67.3 Å². The predicted octanol–water partition coefficient (Wildman–Crippen LogP) is 3.20. The molecule has 29 heavy (non-hydrogen) atoms. The van der Waals surface area contributed by atoms with E-state index >= 15 is 0 Å². The molecule has 0 spiro atoms. The standard InChI is InChI=1S/C23H28N4O2/c1-4-27-20-10-9-18(29-3)11-17(20)12-21(27)19-14-22(26-25-19)24-23(28)13-16-8-6-5-7-15(16)2/h5-12,19,22,25-26H,4,13-14H2,1-3H3,(H,24,28). The number of amides is 1. The van der Waals surface area contributed by atoms with Crippen LogP contribution in [0.1, 0.15) is 36.2 Å². The smallest absolute Gasteiger partial charge is 0.225 e. The number of carbonyl (C=O) groups is 1. The highest BCUT2D eigenvalue weighted by atomic mass is 16.5. The van der Waals surface area contributed by atoms with E-state index in [9.17, 15) is 4.79 Å². The maximum atomic E-state index is 12.5.